The molecule has 0 unspecified atom stereocenters. The number of hydrogen-bond acceptors (Lipinski definition) is 7. The number of fused-ring (bicyclic) bond motifs is 1. The lowest BCUT2D eigenvalue weighted by Crippen LogP contribution is -2.29. The third kappa shape index (κ3) is 4.25. The predicted octanol–water partition coefficient (Wildman–Crippen LogP) is 5.73. The van der Waals surface area contributed by atoms with Gasteiger partial charge >= 0.3 is 5.91 Å². The van der Waals surface area contributed by atoms with Crippen LogP contribution in [-0.2, 0) is 16.0 Å². The van der Waals surface area contributed by atoms with Gasteiger partial charge in [-0.25, -0.2) is 4.98 Å². The molecule has 0 spiro atoms. The van der Waals surface area contributed by atoms with Crippen molar-refractivity contribution in [2.45, 2.75) is 59.1 Å². The zero-order valence-corrected chi connectivity index (χ0v) is 22.2. The van der Waals surface area contributed by atoms with Gasteiger partial charge in [-0.15, -0.1) is 0 Å². The zero-order valence-electron chi connectivity index (χ0n) is 21.4. The Morgan fingerprint density at radius 2 is 1.86 bits per heavy atom. The lowest BCUT2D eigenvalue weighted by atomic mass is 9.93. The largest absolute Gasteiger partial charge is 0.507 e. The third-order valence-corrected chi connectivity index (χ3v) is 8.10. The molecule has 1 N–H and O–H groups in total. The standard InChI is InChI=1S/C29H28N2O5S/c1-14(2)18-6-8-19(9-7-18)24-23(25(33)20-10-11-22-21(13-20)12-15(3)36-22)26(34)28(35)31(24)29-30-16(4)27(37-29)17(5)32/h6-11,13-15,24,33H,12H2,1-5H3/t15-,24+/m1/s1. The van der Waals surface area contributed by atoms with Crippen LogP contribution in [0.15, 0.2) is 48.0 Å². The SMILES string of the molecule is CC(=O)c1sc(N2C(=O)C(=O)C(=C(O)c3ccc4c(c3)C[C@@H](C)O4)[C@@H]2c2ccc(C(C)C)cc2)nc1C. The molecule has 1 aromatic heterocycles. The normalized spacial score (nSPS) is 20.4. The number of carbonyl (C=O) groups is 3. The number of ether oxygens (including phenoxy) is 1. The fraction of sp³-hybridized carbons (Fsp3) is 0.310. The van der Waals surface area contributed by atoms with Crippen molar-refractivity contribution >= 4 is 39.7 Å². The average molecular weight is 517 g/mol. The minimum Gasteiger partial charge on any atom is -0.507 e. The lowest BCUT2D eigenvalue weighted by Gasteiger charge is -2.23. The van der Waals surface area contributed by atoms with E-state index >= 15 is 0 Å². The molecule has 2 atom stereocenters. The molecule has 1 fully saturated rings. The first kappa shape index (κ1) is 24.9. The summed E-state index contributed by atoms with van der Waals surface area (Å²) in [4.78, 5) is 45.2. The predicted molar refractivity (Wildman–Crippen MR) is 142 cm³/mol. The third-order valence-electron chi connectivity index (χ3n) is 6.84. The molecular formula is C29H28N2O5S. The number of aliphatic hydroxyl groups excluding tert-OH is 1. The van der Waals surface area contributed by atoms with Crippen molar-refractivity contribution in [3.63, 3.8) is 0 Å². The van der Waals surface area contributed by atoms with Gasteiger partial charge in [0.25, 0.3) is 5.78 Å². The Balaban J connectivity index is 1.69. The molecule has 3 heterocycles. The topological polar surface area (TPSA) is 96.8 Å². The highest BCUT2D eigenvalue weighted by Gasteiger charge is 2.48. The van der Waals surface area contributed by atoms with Gasteiger partial charge < -0.3 is 9.84 Å². The second-order valence-corrected chi connectivity index (χ2v) is 10.9. The first-order valence-electron chi connectivity index (χ1n) is 12.3. The summed E-state index contributed by atoms with van der Waals surface area (Å²) in [6.45, 7) is 9.28. The second kappa shape index (κ2) is 9.27. The first-order chi connectivity index (χ1) is 17.6. The molecule has 1 saturated heterocycles. The van der Waals surface area contributed by atoms with Gasteiger partial charge in [-0.05, 0) is 54.7 Å². The molecule has 2 aliphatic heterocycles. The highest BCUT2D eigenvalue weighted by Crippen LogP contribution is 2.44. The molecule has 0 aliphatic carbocycles. The van der Waals surface area contributed by atoms with Gasteiger partial charge in [0.05, 0.1) is 22.2 Å². The van der Waals surface area contributed by atoms with E-state index in [0.717, 1.165) is 28.2 Å². The number of aromatic nitrogens is 1. The van der Waals surface area contributed by atoms with Crippen molar-refractivity contribution in [3.05, 3.63) is 80.9 Å². The number of anilines is 1. The molecule has 8 heteroatoms. The monoisotopic (exact) mass is 516 g/mol. The van der Waals surface area contributed by atoms with E-state index in [0.29, 0.717) is 34.0 Å². The first-order valence-corrected chi connectivity index (χ1v) is 13.1. The zero-order chi connectivity index (χ0) is 26.6. The van der Waals surface area contributed by atoms with Crippen molar-refractivity contribution in [2.75, 3.05) is 4.90 Å². The average Bonchev–Trinajstić information content (AvgIpc) is 3.50. The van der Waals surface area contributed by atoms with Crippen molar-refractivity contribution < 1.29 is 24.2 Å². The number of aryl methyl sites for hydroxylation is 1. The fourth-order valence-corrected chi connectivity index (χ4v) is 5.93. The van der Waals surface area contributed by atoms with E-state index in [9.17, 15) is 19.5 Å². The second-order valence-electron chi connectivity index (χ2n) is 9.91. The molecule has 5 rings (SSSR count). The van der Waals surface area contributed by atoms with Crippen molar-refractivity contribution in [1.29, 1.82) is 0 Å². The molecule has 0 radical (unpaired) electrons. The summed E-state index contributed by atoms with van der Waals surface area (Å²) in [7, 11) is 0. The van der Waals surface area contributed by atoms with Gasteiger partial charge in [0.2, 0.25) is 0 Å². The maximum Gasteiger partial charge on any atom is 0.301 e. The van der Waals surface area contributed by atoms with Crippen molar-refractivity contribution in [2.24, 2.45) is 0 Å². The van der Waals surface area contributed by atoms with Gasteiger partial charge in [-0.1, -0.05) is 49.4 Å². The van der Waals surface area contributed by atoms with Crippen LogP contribution in [0.4, 0.5) is 5.13 Å². The Labute approximate surface area is 219 Å². The summed E-state index contributed by atoms with van der Waals surface area (Å²) >= 11 is 1.07. The maximum atomic E-state index is 13.5. The van der Waals surface area contributed by atoms with Gasteiger partial charge in [-0.2, -0.15) is 0 Å². The summed E-state index contributed by atoms with van der Waals surface area (Å²) < 4.78 is 5.77. The van der Waals surface area contributed by atoms with E-state index in [1.165, 1.54) is 11.8 Å². The van der Waals surface area contributed by atoms with E-state index < -0.39 is 17.7 Å². The molecule has 37 heavy (non-hydrogen) atoms. The van der Waals surface area contributed by atoms with E-state index in [1.807, 2.05) is 37.3 Å². The number of hydrogen-bond donors (Lipinski definition) is 1. The van der Waals surface area contributed by atoms with Crippen LogP contribution in [0.2, 0.25) is 0 Å². The highest BCUT2D eigenvalue weighted by molar-refractivity contribution is 7.18. The number of benzene rings is 2. The smallest absolute Gasteiger partial charge is 0.301 e. The highest BCUT2D eigenvalue weighted by atomic mass is 32.1. The molecule has 2 aliphatic rings. The Morgan fingerprint density at radius 3 is 2.49 bits per heavy atom. The van der Waals surface area contributed by atoms with Crippen LogP contribution < -0.4 is 9.64 Å². The Bertz CT molecular complexity index is 1470. The Morgan fingerprint density at radius 1 is 1.16 bits per heavy atom. The molecule has 3 aromatic rings. The number of ketones is 2. The number of aliphatic hydroxyl groups is 1. The van der Waals surface area contributed by atoms with Crippen LogP contribution >= 0.6 is 11.3 Å². The van der Waals surface area contributed by atoms with Crippen LogP contribution in [0.5, 0.6) is 5.75 Å². The van der Waals surface area contributed by atoms with E-state index in [-0.39, 0.29) is 28.4 Å². The minimum absolute atomic E-state index is 0.00793. The molecule has 0 saturated carbocycles. The van der Waals surface area contributed by atoms with Crippen LogP contribution in [-0.4, -0.2) is 33.7 Å². The van der Waals surface area contributed by atoms with Crippen molar-refractivity contribution in [3.8, 4) is 5.75 Å². The maximum absolute atomic E-state index is 13.5. The number of thiazole rings is 1. The summed E-state index contributed by atoms with van der Waals surface area (Å²) in [6, 6.07) is 12.1. The quantitative estimate of drug-likeness (QED) is 0.201. The number of amides is 1. The molecule has 2 aromatic carbocycles. The fourth-order valence-electron chi connectivity index (χ4n) is 4.95. The van der Waals surface area contributed by atoms with Gasteiger partial charge in [0.1, 0.15) is 17.6 Å². The summed E-state index contributed by atoms with van der Waals surface area (Å²) in [5.41, 5.74) is 3.64. The number of Topliss-reactive ketones (excluding diaryl/α,β-unsaturated/α-hetero) is 2. The Kier molecular flexibility index (Phi) is 6.23. The molecular weight excluding hydrogens is 488 g/mol. The van der Waals surface area contributed by atoms with E-state index in [2.05, 4.69) is 18.8 Å². The summed E-state index contributed by atoms with van der Waals surface area (Å²) in [6.07, 6.45) is 0.720. The number of nitrogens with zero attached hydrogens (tertiary/aromatic N) is 2. The van der Waals surface area contributed by atoms with Gasteiger partial charge in [0, 0.05) is 18.9 Å². The van der Waals surface area contributed by atoms with E-state index in [4.69, 9.17) is 4.74 Å². The van der Waals surface area contributed by atoms with Crippen LogP contribution in [0, 0.1) is 6.92 Å². The van der Waals surface area contributed by atoms with Crippen LogP contribution in [0.3, 0.4) is 0 Å². The molecule has 190 valence electrons. The Hall–Kier alpha value is -3.78. The summed E-state index contributed by atoms with van der Waals surface area (Å²) in [5, 5.41) is 11.7. The summed E-state index contributed by atoms with van der Waals surface area (Å²) in [5.74, 6) is -0.942. The van der Waals surface area contributed by atoms with Crippen LogP contribution in [0.25, 0.3) is 5.76 Å². The van der Waals surface area contributed by atoms with Crippen molar-refractivity contribution in [1.82, 2.24) is 4.98 Å². The molecule has 1 amide bonds. The van der Waals surface area contributed by atoms with Gasteiger partial charge in [0.15, 0.2) is 10.9 Å². The minimum atomic E-state index is -0.894. The van der Waals surface area contributed by atoms with E-state index in [1.54, 1.807) is 19.1 Å². The van der Waals surface area contributed by atoms with Gasteiger partial charge in [-0.3, -0.25) is 19.3 Å². The number of carbonyl (C=O) groups excluding carboxylic acids is 3. The molecule has 0 bridgehead atoms. The lowest BCUT2D eigenvalue weighted by molar-refractivity contribution is -0.132. The molecule has 7 nitrogen and oxygen atoms in total. The van der Waals surface area contributed by atoms with Crippen LogP contribution in [0.1, 0.15) is 77.3 Å². The number of rotatable bonds is 5.